The van der Waals surface area contributed by atoms with Crippen LogP contribution in [0, 0.1) is 13.8 Å². The number of aryl methyl sites for hydroxylation is 2. The molecule has 0 radical (unpaired) electrons. The van der Waals surface area contributed by atoms with Gasteiger partial charge in [-0.3, -0.25) is 24.0 Å². The van der Waals surface area contributed by atoms with Crippen molar-refractivity contribution < 1.29 is 42.9 Å². The first-order chi connectivity index (χ1) is 14.4. The molecule has 0 fully saturated rings. The molecule has 0 aliphatic heterocycles. The summed E-state index contributed by atoms with van der Waals surface area (Å²) < 4.78 is 20.3. The van der Waals surface area contributed by atoms with Crippen molar-refractivity contribution in [3.05, 3.63) is 29.3 Å². The number of nitrogens with one attached hydrogen (secondary N) is 1. The maximum absolute atomic E-state index is 13.0. The van der Waals surface area contributed by atoms with E-state index >= 15 is 0 Å². The lowest BCUT2D eigenvalue weighted by atomic mass is 10.1. The van der Waals surface area contributed by atoms with Crippen LogP contribution in [0.5, 0.6) is 0 Å². The fourth-order valence-corrected chi connectivity index (χ4v) is 2.74. The minimum absolute atomic E-state index is 0.443. The fraction of sp³-hybridized carbons (Fsp3) is 0.476. The smallest absolute Gasteiger partial charge is 0.303 e. The Morgan fingerprint density at radius 3 is 1.90 bits per heavy atom. The molecule has 0 unspecified atom stereocenters. The Morgan fingerprint density at radius 2 is 1.42 bits per heavy atom. The number of hydrogen-bond acceptors (Lipinski definition) is 9. The average molecular weight is 437 g/mol. The molecule has 0 aromatic heterocycles. The summed E-state index contributed by atoms with van der Waals surface area (Å²) in [5.41, 5.74) is 2.16. The SMILES string of the molecule is CC(=O)OC[C@H](OC(C)=O)[C@H](OC(C)=O)[C@H](OC(C)=O)C(=O)Nc1ccc(C)cc1C. The number of amides is 1. The van der Waals surface area contributed by atoms with E-state index in [2.05, 4.69) is 5.32 Å². The number of carbonyl (C=O) groups excluding carboxylic acids is 5. The van der Waals surface area contributed by atoms with Crippen LogP contribution in [0.3, 0.4) is 0 Å². The van der Waals surface area contributed by atoms with Gasteiger partial charge in [0.2, 0.25) is 6.10 Å². The Hall–Kier alpha value is -3.43. The van der Waals surface area contributed by atoms with E-state index in [0.29, 0.717) is 5.69 Å². The number of benzene rings is 1. The highest BCUT2D eigenvalue weighted by molar-refractivity contribution is 5.96. The van der Waals surface area contributed by atoms with Crippen molar-refractivity contribution >= 4 is 35.5 Å². The Labute approximate surface area is 180 Å². The second kappa shape index (κ2) is 11.7. The van der Waals surface area contributed by atoms with Crippen LogP contribution in [-0.2, 0) is 42.9 Å². The molecule has 1 N–H and O–H groups in total. The highest BCUT2D eigenvalue weighted by Crippen LogP contribution is 2.20. The Bertz CT molecular complexity index is 849. The van der Waals surface area contributed by atoms with Crippen molar-refractivity contribution in [1.29, 1.82) is 0 Å². The molecular weight excluding hydrogens is 410 g/mol. The largest absolute Gasteiger partial charge is 0.462 e. The minimum Gasteiger partial charge on any atom is -0.462 e. The van der Waals surface area contributed by atoms with Gasteiger partial charge in [-0.2, -0.15) is 0 Å². The van der Waals surface area contributed by atoms with Gasteiger partial charge in [-0.1, -0.05) is 17.7 Å². The van der Waals surface area contributed by atoms with E-state index in [-0.39, 0.29) is 0 Å². The van der Waals surface area contributed by atoms with Crippen LogP contribution in [0.1, 0.15) is 38.8 Å². The molecule has 1 amide bonds. The van der Waals surface area contributed by atoms with Gasteiger partial charge in [0.25, 0.3) is 5.91 Å². The molecule has 0 spiro atoms. The molecule has 0 bridgehead atoms. The van der Waals surface area contributed by atoms with E-state index in [0.717, 1.165) is 38.8 Å². The predicted molar refractivity (Wildman–Crippen MR) is 108 cm³/mol. The monoisotopic (exact) mass is 437 g/mol. The first-order valence-corrected chi connectivity index (χ1v) is 9.43. The van der Waals surface area contributed by atoms with Crippen LogP contribution in [0.15, 0.2) is 18.2 Å². The van der Waals surface area contributed by atoms with E-state index in [9.17, 15) is 24.0 Å². The highest BCUT2D eigenvalue weighted by Gasteiger charge is 2.42. The summed E-state index contributed by atoms with van der Waals surface area (Å²) in [6.07, 6.45) is -4.67. The second-order valence-electron chi connectivity index (χ2n) is 6.86. The lowest BCUT2D eigenvalue weighted by molar-refractivity contribution is -0.190. The van der Waals surface area contributed by atoms with Crippen molar-refractivity contribution in [2.24, 2.45) is 0 Å². The molecule has 1 rings (SSSR count). The maximum atomic E-state index is 13.0. The number of rotatable bonds is 9. The highest BCUT2D eigenvalue weighted by atomic mass is 16.6. The second-order valence-corrected chi connectivity index (χ2v) is 6.86. The van der Waals surface area contributed by atoms with Crippen molar-refractivity contribution in [3.63, 3.8) is 0 Å². The molecule has 10 heteroatoms. The molecule has 3 atom stereocenters. The van der Waals surface area contributed by atoms with Gasteiger partial charge >= 0.3 is 23.9 Å². The van der Waals surface area contributed by atoms with Gasteiger partial charge in [-0.25, -0.2) is 0 Å². The first-order valence-electron chi connectivity index (χ1n) is 9.43. The van der Waals surface area contributed by atoms with Gasteiger partial charge in [-0.05, 0) is 25.5 Å². The third kappa shape index (κ3) is 8.85. The molecule has 0 saturated heterocycles. The lowest BCUT2D eigenvalue weighted by Crippen LogP contribution is -2.52. The molecule has 170 valence electrons. The normalized spacial score (nSPS) is 13.2. The standard InChI is InChI=1S/C21H27NO9/c1-11-7-8-17(12(2)9-11)22-21(27)20(31-16(6)26)19(30-15(5)25)18(29-14(4)24)10-28-13(3)23/h7-9,18-20H,10H2,1-6H3,(H,22,27)/t18-,19-,20-/m0/s1. The summed E-state index contributed by atoms with van der Waals surface area (Å²) >= 11 is 0. The van der Waals surface area contributed by atoms with Crippen LogP contribution in [0.25, 0.3) is 0 Å². The van der Waals surface area contributed by atoms with Gasteiger partial charge in [0.05, 0.1) is 0 Å². The van der Waals surface area contributed by atoms with Gasteiger partial charge in [-0.15, -0.1) is 0 Å². The average Bonchev–Trinajstić information content (AvgIpc) is 2.63. The molecule has 0 aliphatic rings. The number of carbonyl (C=O) groups is 5. The van der Waals surface area contributed by atoms with E-state index in [1.807, 2.05) is 13.0 Å². The summed E-state index contributed by atoms with van der Waals surface area (Å²) in [5, 5.41) is 2.61. The zero-order chi connectivity index (χ0) is 23.7. The Balaban J connectivity index is 3.32. The maximum Gasteiger partial charge on any atom is 0.303 e. The zero-order valence-electron chi connectivity index (χ0n) is 18.3. The first kappa shape index (κ1) is 25.6. The lowest BCUT2D eigenvalue weighted by Gasteiger charge is -2.31. The van der Waals surface area contributed by atoms with Crippen LogP contribution in [0.4, 0.5) is 5.69 Å². The number of hydrogen-bond donors (Lipinski definition) is 1. The number of anilines is 1. The van der Waals surface area contributed by atoms with Crippen molar-refractivity contribution in [2.75, 3.05) is 11.9 Å². The Morgan fingerprint density at radius 1 is 0.839 bits per heavy atom. The fourth-order valence-electron chi connectivity index (χ4n) is 2.74. The van der Waals surface area contributed by atoms with Crippen molar-refractivity contribution in [1.82, 2.24) is 0 Å². The third-order valence-electron chi connectivity index (χ3n) is 3.93. The predicted octanol–water partition coefficient (Wildman–Crippen LogP) is 1.60. The number of esters is 4. The van der Waals surface area contributed by atoms with Crippen LogP contribution < -0.4 is 5.32 Å². The summed E-state index contributed by atoms with van der Waals surface area (Å²) in [6, 6.07) is 5.27. The van der Waals surface area contributed by atoms with Crippen LogP contribution >= 0.6 is 0 Å². The summed E-state index contributed by atoms with van der Waals surface area (Å²) in [7, 11) is 0. The molecule has 0 aliphatic carbocycles. The van der Waals surface area contributed by atoms with Crippen LogP contribution in [-0.4, -0.2) is 54.7 Å². The van der Waals surface area contributed by atoms with E-state index in [1.165, 1.54) is 0 Å². The molecule has 1 aromatic rings. The molecule has 0 saturated carbocycles. The van der Waals surface area contributed by atoms with Gasteiger partial charge in [0.15, 0.2) is 12.2 Å². The van der Waals surface area contributed by atoms with E-state index < -0.39 is 54.7 Å². The van der Waals surface area contributed by atoms with E-state index in [4.69, 9.17) is 18.9 Å². The Kier molecular flexibility index (Phi) is 9.65. The molecular formula is C21H27NO9. The zero-order valence-corrected chi connectivity index (χ0v) is 18.3. The summed E-state index contributed by atoms with van der Waals surface area (Å²) in [5.74, 6) is -3.98. The minimum atomic E-state index is -1.69. The summed E-state index contributed by atoms with van der Waals surface area (Å²) in [6.45, 7) is 7.47. The summed E-state index contributed by atoms with van der Waals surface area (Å²) in [4.78, 5) is 59.2. The molecule has 0 heterocycles. The molecule has 31 heavy (non-hydrogen) atoms. The van der Waals surface area contributed by atoms with Crippen molar-refractivity contribution in [2.45, 2.75) is 59.9 Å². The van der Waals surface area contributed by atoms with Crippen LogP contribution in [0.2, 0.25) is 0 Å². The molecule has 1 aromatic carbocycles. The number of ether oxygens (including phenoxy) is 4. The topological polar surface area (TPSA) is 134 Å². The van der Waals surface area contributed by atoms with Crippen molar-refractivity contribution in [3.8, 4) is 0 Å². The van der Waals surface area contributed by atoms with E-state index in [1.54, 1.807) is 19.1 Å². The quantitative estimate of drug-likeness (QED) is 0.451. The van der Waals surface area contributed by atoms with Gasteiger partial charge in [0.1, 0.15) is 6.61 Å². The van der Waals surface area contributed by atoms with Gasteiger partial charge in [0, 0.05) is 33.4 Å². The van der Waals surface area contributed by atoms with Gasteiger partial charge < -0.3 is 24.3 Å². The molecule has 10 nitrogen and oxygen atoms in total. The third-order valence-corrected chi connectivity index (χ3v) is 3.93.